The van der Waals surface area contributed by atoms with Crippen LogP contribution in [-0.2, 0) is 6.54 Å². The lowest BCUT2D eigenvalue weighted by atomic mass is 9.96. The molecule has 0 bridgehead atoms. The molecule has 0 aromatic heterocycles. The van der Waals surface area contributed by atoms with Crippen LogP contribution in [0.4, 0.5) is 0 Å². The first-order valence-corrected chi connectivity index (χ1v) is 5.63. The number of hydrogen-bond donors (Lipinski definition) is 2. The van der Waals surface area contributed by atoms with E-state index in [2.05, 4.69) is 43.4 Å². The first kappa shape index (κ1) is 12.2. The fourth-order valence-corrected chi connectivity index (χ4v) is 1.78. The molecule has 84 valence electrons. The lowest BCUT2D eigenvalue weighted by Crippen LogP contribution is -2.18. The quantitative estimate of drug-likeness (QED) is 0.776. The van der Waals surface area contributed by atoms with Gasteiger partial charge in [0, 0.05) is 12.6 Å². The van der Waals surface area contributed by atoms with E-state index in [0.717, 1.165) is 0 Å². The van der Waals surface area contributed by atoms with Gasteiger partial charge >= 0.3 is 0 Å². The summed E-state index contributed by atoms with van der Waals surface area (Å²) in [5, 5.41) is 3.36. The Kier molecular flexibility index (Phi) is 4.79. The van der Waals surface area contributed by atoms with Gasteiger partial charge in [-0.3, -0.25) is 0 Å². The number of nitrogens with two attached hydrogens (primary N) is 1. The predicted octanol–water partition coefficient (Wildman–Crippen LogP) is 2.45. The van der Waals surface area contributed by atoms with Crippen molar-refractivity contribution in [3.8, 4) is 0 Å². The molecule has 1 aromatic carbocycles. The van der Waals surface area contributed by atoms with Gasteiger partial charge in [0.15, 0.2) is 0 Å². The molecule has 0 heterocycles. The largest absolute Gasteiger partial charge is 0.326 e. The first-order chi connectivity index (χ1) is 7.17. The van der Waals surface area contributed by atoms with Gasteiger partial charge in [0.2, 0.25) is 0 Å². The molecule has 1 unspecified atom stereocenters. The van der Waals surface area contributed by atoms with Gasteiger partial charge < -0.3 is 11.1 Å². The number of hydrogen-bond acceptors (Lipinski definition) is 2. The Morgan fingerprint density at radius 2 is 1.80 bits per heavy atom. The van der Waals surface area contributed by atoms with Crippen LogP contribution in [0.5, 0.6) is 0 Å². The Morgan fingerprint density at radius 3 is 2.20 bits per heavy atom. The van der Waals surface area contributed by atoms with Crippen LogP contribution in [0.15, 0.2) is 24.3 Å². The van der Waals surface area contributed by atoms with Gasteiger partial charge in [0.1, 0.15) is 0 Å². The molecule has 0 aliphatic carbocycles. The average molecular weight is 206 g/mol. The SMILES string of the molecule is CNC(CC(C)C)c1ccc(CN)cc1. The van der Waals surface area contributed by atoms with Gasteiger partial charge in [-0.2, -0.15) is 0 Å². The topological polar surface area (TPSA) is 38.0 Å². The van der Waals surface area contributed by atoms with Gasteiger partial charge in [-0.15, -0.1) is 0 Å². The van der Waals surface area contributed by atoms with Crippen molar-refractivity contribution in [3.05, 3.63) is 35.4 Å². The van der Waals surface area contributed by atoms with E-state index in [1.807, 2.05) is 7.05 Å². The molecular formula is C13H22N2. The third-order valence-corrected chi connectivity index (χ3v) is 2.67. The zero-order chi connectivity index (χ0) is 11.3. The predicted molar refractivity (Wildman–Crippen MR) is 65.6 cm³/mol. The Morgan fingerprint density at radius 1 is 1.20 bits per heavy atom. The summed E-state index contributed by atoms with van der Waals surface area (Å²) in [6.07, 6.45) is 1.17. The molecule has 0 radical (unpaired) electrons. The van der Waals surface area contributed by atoms with E-state index in [0.29, 0.717) is 18.5 Å². The molecule has 0 aliphatic heterocycles. The maximum Gasteiger partial charge on any atom is 0.0319 e. The van der Waals surface area contributed by atoms with E-state index in [9.17, 15) is 0 Å². The zero-order valence-corrected chi connectivity index (χ0v) is 9.96. The molecule has 0 saturated heterocycles. The average Bonchev–Trinajstić information content (AvgIpc) is 2.26. The molecule has 15 heavy (non-hydrogen) atoms. The van der Waals surface area contributed by atoms with Crippen LogP contribution >= 0.6 is 0 Å². The second kappa shape index (κ2) is 5.89. The molecule has 1 atom stereocenters. The molecule has 1 aromatic rings. The molecule has 2 heteroatoms. The molecule has 0 spiro atoms. The van der Waals surface area contributed by atoms with Crippen molar-refractivity contribution >= 4 is 0 Å². The van der Waals surface area contributed by atoms with Crippen molar-refractivity contribution in [2.75, 3.05) is 7.05 Å². The summed E-state index contributed by atoms with van der Waals surface area (Å²) in [7, 11) is 2.02. The highest BCUT2D eigenvalue weighted by Gasteiger charge is 2.10. The second-order valence-corrected chi connectivity index (χ2v) is 4.42. The lowest BCUT2D eigenvalue weighted by molar-refractivity contribution is 0.456. The lowest BCUT2D eigenvalue weighted by Gasteiger charge is -2.19. The number of rotatable bonds is 5. The highest BCUT2D eigenvalue weighted by atomic mass is 14.9. The van der Waals surface area contributed by atoms with Crippen LogP contribution in [-0.4, -0.2) is 7.05 Å². The van der Waals surface area contributed by atoms with Crippen molar-refractivity contribution in [2.24, 2.45) is 11.7 Å². The second-order valence-electron chi connectivity index (χ2n) is 4.42. The fraction of sp³-hybridized carbons (Fsp3) is 0.538. The van der Waals surface area contributed by atoms with Crippen LogP contribution in [0, 0.1) is 5.92 Å². The molecule has 0 saturated carbocycles. The standard InChI is InChI=1S/C13H22N2/c1-10(2)8-13(15-3)12-6-4-11(9-14)5-7-12/h4-7,10,13,15H,8-9,14H2,1-3H3. The maximum atomic E-state index is 5.57. The Hall–Kier alpha value is -0.860. The molecule has 0 amide bonds. The van der Waals surface area contributed by atoms with E-state index < -0.39 is 0 Å². The molecule has 0 fully saturated rings. The van der Waals surface area contributed by atoms with Crippen LogP contribution in [0.2, 0.25) is 0 Å². The summed E-state index contributed by atoms with van der Waals surface area (Å²) < 4.78 is 0. The summed E-state index contributed by atoms with van der Waals surface area (Å²) >= 11 is 0. The first-order valence-electron chi connectivity index (χ1n) is 5.63. The van der Waals surface area contributed by atoms with E-state index in [4.69, 9.17) is 5.73 Å². The van der Waals surface area contributed by atoms with Crippen LogP contribution in [0.1, 0.15) is 37.4 Å². The monoisotopic (exact) mass is 206 g/mol. The van der Waals surface area contributed by atoms with Crippen LogP contribution < -0.4 is 11.1 Å². The number of nitrogens with one attached hydrogen (secondary N) is 1. The third-order valence-electron chi connectivity index (χ3n) is 2.67. The summed E-state index contributed by atoms with van der Waals surface area (Å²) in [6.45, 7) is 5.12. The van der Waals surface area contributed by atoms with Gasteiger partial charge in [0.25, 0.3) is 0 Å². The normalized spacial score (nSPS) is 13.1. The number of benzene rings is 1. The third kappa shape index (κ3) is 3.65. The van der Waals surface area contributed by atoms with E-state index in [-0.39, 0.29) is 0 Å². The minimum absolute atomic E-state index is 0.455. The van der Waals surface area contributed by atoms with Crippen molar-refractivity contribution in [1.29, 1.82) is 0 Å². The molecule has 0 aliphatic rings. The van der Waals surface area contributed by atoms with Crippen molar-refractivity contribution in [2.45, 2.75) is 32.9 Å². The zero-order valence-electron chi connectivity index (χ0n) is 9.96. The summed E-state index contributed by atoms with van der Waals surface area (Å²) in [6, 6.07) is 9.02. The van der Waals surface area contributed by atoms with Crippen molar-refractivity contribution in [3.63, 3.8) is 0 Å². The van der Waals surface area contributed by atoms with Gasteiger partial charge in [-0.1, -0.05) is 38.1 Å². The smallest absolute Gasteiger partial charge is 0.0319 e. The minimum atomic E-state index is 0.455. The van der Waals surface area contributed by atoms with Crippen molar-refractivity contribution < 1.29 is 0 Å². The van der Waals surface area contributed by atoms with Gasteiger partial charge in [-0.05, 0) is 30.5 Å². The summed E-state index contributed by atoms with van der Waals surface area (Å²) in [5.41, 5.74) is 8.12. The van der Waals surface area contributed by atoms with Gasteiger partial charge in [-0.25, -0.2) is 0 Å². The Bertz CT molecular complexity index is 277. The molecular weight excluding hydrogens is 184 g/mol. The highest BCUT2D eigenvalue weighted by molar-refractivity contribution is 5.24. The highest BCUT2D eigenvalue weighted by Crippen LogP contribution is 2.20. The van der Waals surface area contributed by atoms with E-state index in [1.54, 1.807) is 0 Å². The van der Waals surface area contributed by atoms with Crippen LogP contribution in [0.3, 0.4) is 0 Å². The van der Waals surface area contributed by atoms with E-state index >= 15 is 0 Å². The van der Waals surface area contributed by atoms with Gasteiger partial charge in [0.05, 0.1) is 0 Å². The Labute approximate surface area is 92.9 Å². The molecule has 1 rings (SSSR count). The Balaban J connectivity index is 2.74. The van der Waals surface area contributed by atoms with Crippen LogP contribution in [0.25, 0.3) is 0 Å². The molecule has 2 nitrogen and oxygen atoms in total. The summed E-state index contributed by atoms with van der Waals surface area (Å²) in [5.74, 6) is 0.705. The molecule has 3 N–H and O–H groups in total. The minimum Gasteiger partial charge on any atom is -0.326 e. The fourth-order valence-electron chi connectivity index (χ4n) is 1.78. The maximum absolute atomic E-state index is 5.57. The summed E-state index contributed by atoms with van der Waals surface area (Å²) in [4.78, 5) is 0. The van der Waals surface area contributed by atoms with E-state index in [1.165, 1.54) is 17.5 Å². The van der Waals surface area contributed by atoms with Crippen molar-refractivity contribution in [1.82, 2.24) is 5.32 Å².